The molecular weight excluding hydrogens is 324 g/mol. The lowest BCUT2D eigenvalue weighted by Crippen LogP contribution is -2.24. The van der Waals surface area contributed by atoms with Crippen LogP contribution in [0.3, 0.4) is 0 Å². The van der Waals surface area contributed by atoms with E-state index in [9.17, 15) is 0 Å². The molecule has 4 nitrogen and oxygen atoms in total. The van der Waals surface area contributed by atoms with Gasteiger partial charge in [-0.05, 0) is 56.0 Å². The van der Waals surface area contributed by atoms with Crippen LogP contribution in [0.2, 0.25) is 0 Å². The first-order chi connectivity index (χ1) is 12.6. The van der Waals surface area contributed by atoms with Gasteiger partial charge in [-0.15, -0.1) is 0 Å². The fraction of sp³-hybridized carbons (Fsp3) is 0.318. The Morgan fingerprint density at radius 2 is 1.88 bits per heavy atom. The number of ether oxygens (including phenoxy) is 2. The minimum atomic E-state index is 0.0766. The number of aryl methyl sites for hydroxylation is 3. The molecule has 1 aromatic heterocycles. The van der Waals surface area contributed by atoms with Crippen LogP contribution in [0.5, 0.6) is 11.5 Å². The van der Waals surface area contributed by atoms with E-state index in [0.717, 1.165) is 30.9 Å². The summed E-state index contributed by atoms with van der Waals surface area (Å²) in [6, 6.07) is 14.6. The molecule has 0 radical (unpaired) electrons. The topological polar surface area (TPSA) is 36.3 Å². The van der Waals surface area contributed by atoms with Crippen molar-refractivity contribution in [3.63, 3.8) is 0 Å². The van der Waals surface area contributed by atoms with Crippen molar-refractivity contribution in [3.05, 3.63) is 77.9 Å². The van der Waals surface area contributed by atoms with Gasteiger partial charge in [0.2, 0.25) is 0 Å². The normalized spacial score (nSPS) is 12.0. The molecule has 1 heterocycles. The molecule has 0 N–H and O–H groups in total. The lowest BCUT2D eigenvalue weighted by Gasteiger charge is -2.21. The summed E-state index contributed by atoms with van der Waals surface area (Å²) in [5, 5.41) is 0. The molecule has 4 heteroatoms. The summed E-state index contributed by atoms with van der Waals surface area (Å²) >= 11 is 0. The highest BCUT2D eigenvalue weighted by Crippen LogP contribution is 2.22. The van der Waals surface area contributed by atoms with Gasteiger partial charge in [-0.3, -0.25) is 0 Å². The Hall–Kier alpha value is -2.75. The van der Waals surface area contributed by atoms with Gasteiger partial charge in [0.1, 0.15) is 17.6 Å². The molecular formula is C22H26N2O2. The van der Waals surface area contributed by atoms with Crippen LogP contribution < -0.4 is 9.47 Å². The third kappa shape index (κ3) is 4.88. The van der Waals surface area contributed by atoms with E-state index in [2.05, 4.69) is 53.7 Å². The van der Waals surface area contributed by atoms with Gasteiger partial charge >= 0.3 is 0 Å². The van der Waals surface area contributed by atoms with Gasteiger partial charge in [-0.2, -0.15) is 0 Å². The van der Waals surface area contributed by atoms with Crippen molar-refractivity contribution in [2.75, 3.05) is 7.11 Å². The predicted molar refractivity (Wildman–Crippen MR) is 104 cm³/mol. The summed E-state index contributed by atoms with van der Waals surface area (Å²) in [6.07, 6.45) is 7.58. The lowest BCUT2D eigenvalue weighted by molar-refractivity contribution is 0.169. The Kier molecular flexibility index (Phi) is 5.95. The van der Waals surface area contributed by atoms with E-state index in [1.165, 1.54) is 16.7 Å². The molecule has 1 unspecified atom stereocenters. The highest BCUT2D eigenvalue weighted by atomic mass is 16.5. The zero-order chi connectivity index (χ0) is 18.4. The van der Waals surface area contributed by atoms with Crippen LogP contribution >= 0.6 is 0 Å². The maximum atomic E-state index is 6.37. The highest BCUT2D eigenvalue weighted by Gasteiger charge is 2.13. The molecule has 3 aromatic rings. The van der Waals surface area contributed by atoms with Crippen molar-refractivity contribution in [1.82, 2.24) is 9.55 Å². The van der Waals surface area contributed by atoms with E-state index in [1.807, 2.05) is 24.7 Å². The Morgan fingerprint density at radius 3 is 2.54 bits per heavy atom. The monoisotopic (exact) mass is 350 g/mol. The van der Waals surface area contributed by atoms with Gasteiger partial charge in [-0.25, -0.2) is 4.98 Å². The van der Waals surface area contributed by atoms with E-state index in [4.69, 9.17) is 9.47 Å². The minimum Gasteiger partial charge on any atom is -0.497 e. The molecule has 0 fully saturated rings. The largest absolute Gasteiger partial charge is 0.497 e. The molecule has 0 aliphatic carbocycles. The standard InChI is InChI=1S/C22H26N2O2/c1-17-4-11-22(18(2)14-17)26-21(15-24-13-12-23-16-24)10-7-19-5-8-20(25-3)9-6-19/h4-6,8-9,11-14,16,21H,7,10,15H2,1-3H3. The van der Waals surface area contributed by atoms with Crippen molar-refractivity contribution < 1.29 is 9.47 Å². The van der Waals surface area contributed by atoms with Crippen LogP contribution in [0.25, 0.3) is 0 Å². The number of hydrogen-bond acceptors (Lipinski definition) is 3. The number of imidazole rings is 1. The van der Waals surface area contributed by atoms with Crippen LogP contribution in [-0.2, 0) is 13.0 Å². The van der Waals surface area contributed by atoms with Crippen LogP contribution in [0.15, 0.2) is 61.2 Å². The third-order valence-corrected chi connectivity index (χ3v) is 4.51. The molecule has 0 saturated heterocycles. The van der Waals surface area contributed by atoms with Gasteiger partial charge in [0.25, 0.3) is 0 Å². The summed E-state index contributed by atoms with van der Waals surface area (Å²) < 4.78 is 13.7. The van der Waals surface area contributed by atoms with Gasteiger partial charge in [-0.1, -0.05) is 29.8 Å². The van der Waals surface area contributed by atoms with Gasteiger partial charge in [0.15, 0.2) is 0 Å². The second-order valence-electron chi connectivity index (χ2n) is 6.66. The Bertz CT molecular complexity index is 811. The van der Waals surface area contributed by atoms with Gasteiger partial charge < -0.3 is 14.0 Å². The van der Waals surface area contributed by atoms with E-state index >= 15 is 0 Å². The third-order valence-electron chi connectivity index (χ3n) is 4.51. The van der Waals surface area contributed by atoms with Crippen molar-refractivity contribution in [2.45, 2.75) is 39.3 Å². The average Bonchev–Trinajstić information content (AvgIpc) is 3.15. The molecule has 1 atom stereocenters. The van der Waals surface area contributed by atoms with Crippen molar-refractivity contribution >= 4 is 0 Å². The first kappa shape index (κ1) is 18.1. The van der Waals surface area contributed by atoms with E-state index in [0.29, 0.717) is 0 Å². The maximum Gasteiger partial charge on any atom is 0.122 e. The van der Waals surface area contributed by atoms with Crippen LogP contribution in [0, 0.1) is 13.8 Å². The van der Waals surface area contributed by atoms with Crippen LogP contribution in [0.1, 0.15) is 23.1 Å². The Balaban J connectivity index is 1.69. The average molecular weight is 350 g/mol. The molecule has 2 aromatic carbocycles. The quantitative estimate of drug-likeness (QED) is 0.596. The molecule has 0 amide bonds. The number of hydrogen-bond donors (Lipinski definition) is 0. The fourth-order valence-corrected chi connectivity index (χ4v) is 3.05. The van der Waals surface area contributed by atoms with Gasteiger partial charge in [0, 0.05) is 12.4 Å². The molecule has 3 rings (SSSR count). The van der Waals surface area contributed by atoms with E-state index < -0.39 is 0 Å². The second kappa shape index (κ2) is 8.56. The Morgan fingerprint density at radius 1 is 1.08 bits per heavy atom. The van der Waals surface area contributed by atoms with Crippen LogP contribution in [-0.4, -0.2) is 22.8 Å². The maximum absolute atomic E-state index is 6.37. The molecule has 136 valence electrons. The minimum absolute atomic E-state index is 0.0766. The number of aromatic nitrogens is 2. The Labute approximate surface area is 155 Å². The van der Waals surface area contributed by atoms with E-state index in [1.54, 1.807) is 13.3 Å². The summed E-state index contributed by atoms with van der Waals surface area (Å²) in [4.78, 5) is 4.14. The molecule has 0 bridgehead atoms. The lowest BCUT2D eigenvalue weighted by atomic mass is 10.1. The molecule has 26 heavy (non-hydrogen) atoms. The first-order valence-electron chi connectivity index (χ1n) is 8.96. The molecule has 0 aliphatic heterocycles. The summed E-state index contributed by atoms with van der Waals surface area (Å²) in [7, 11) is 1.69. The fourth-order valence-electron chi connectivity index (χ4n) is 3.05. The summed E-state index contributed by atoms with van der Waals surface area (Å²) in [5.41, 5.74) is 3.70. The van der Waals surface area contributed by atoms with Gasteiger partial charge in [0.05, 0.1) is 20.0 Å². The number of rotatable bonds is 8. The zero-order valence-corrected chi connectivity index (χ0v) is 15.7. The smallest absolute Gasteiger partial charge is 0.122 e. The molecule has 0 saturated carbocycles. The number of methoxy groups -OCH3 is 1. The number of nitrogens with zero attached hydrogens (tertiary/aromatic N) is 2. The zero-order valence-electron chi connectivity index (χ0n) is 15.7. The molecule has 0 aliphatic rings. The first-order valence-corrected chi connectivity index (χ1v) is 8.96. The van der Waals surface area contributed by atoms with E-state index in [-0.39, 0.29) is 6.10 Å². The predicted octanol–water partition coefficient (Wildman–Crippen LogP) is 4.59. The van der Waals surface area contributed by atoms with Crippen molar-refractivity contribution in [2.24, 2.45) is 0 Å². The van der Waals surface area contributed by atoms with Crippen LogP contribution in [0.4, 0.5) is 0 Å². The number of benzene rings is 2. The highest BCUT2D eigenvalue weighted by molar-refractivity contribution is 5.35. The SMILES string of the molecule is COc1ccc(CCC(Cn2ccnc2)Oc2ccc(C)cc2C)cc1. The summed E-state index contributed by atoms with van der Waals surface area (Å²) in [5.74, 6) is 1.84. The van der Waals surface area contributed by atoms with Crippen molar-refractivity contribution in [1.29, 1.82) is 0 Å². The van der Waals surface area contributed by atoms with Crippen molar-refractivity contribution in [3.8, 4) is 11.5 Å². The second-order valence-corrected chi connectivity index (χ2v) is 6.66. The molecule has 0 spiro atoms. The summed E-state index contributed by atoms with van der Waals surface area (Å²) in [6.45, 7) is 4.98.